The van der Waals surface area contributed by atoms with E-state index in [4.69, 9.17) is 9.47 Å². The van der Waals surface area contributed by atoms with Gasteiger partial charge in [0, 0.05) is 26.7 Å². The van der Waals surface area contributed by atoms with E-state index in [1.165, 1.54) is 4.90 Å². The van der Waals surface area contributed by atoms with E-state index in [1.54, 1.807) is 7.11 Å². The van der Waals surface area contributed by atoms with Crippen molar-refractivity contribution < 1.29 is 23.9 Å². The Bertz CT molecular complexity index is 389. The number of methoxy groups -OCH3 is 1. The van der Waals surface area contributed by atoms with E-state index in [9.17, 15) is 14.4 Å². The lowest BCUT2D eigenvalue weighted by Gasteiger charge is -2.34. The fraction of sp³-hybridized carbons (Fsp3) is 0.786. The standard InChI is InChI=1S/C14H25N3O5/c1-3-7-22-13(19)9-11-14(20)16-4-6-17(11)12(18)10-15-5-8-21-2/h11,15H,3-10H2,1-2H3,(H,16,20). The second kappa shape index (κ2) is 10.1. The molecule has 1 unspecified atom stereocenters. The minimum absolute atomic E-state index is 0.108. The molecule has 0 aromatic heterocycles. The molecule has 1 atom stereocenters. The van der Waals surface area contributed by atoms with Crippen LogP contribution in [-0.4, -0.2) is 75.2 Å². The number of esters is 1. The van der Waals surface area contributed by atoms with Crippen LogP contribution in [0, 0.1) is 0 Å². The van der Waals surface area contributed by atoms with Crippen molar-refractivity contribution in [2.75, 3.05) is 46.5 Å². The van der Waals surface area contributed by atoms with Gasteiger partial charge in [0.25, 0.3) is 0 Å². The molecule has 0 bridgehead atoms. The van der Waals surface area contributed by atoms with Gasteiger partial charge in [0.1, 0.15) is 6.04 Å². The number of nitrogens with zero attached hydrogens (tertiary/aromatic N) is 1. The summed E-state index contributed by atoms with van der Waals surface area (Å²) in [6, 6.07) is -0.796. The van der Waals surface area contributed by atoms with E-state index in [0.717, 1.165) is 0 Å². The lowest BCUT2D eigenvalue weighted by Crippen LogP contribution is -2.59. The first-order valence-electron chi connectivity index (χ1n) is 7.52. The second-order valence-corrected chi connectivity index (χ2v) is 4.99. The Morgan fingerprint density at radius 3 is 2.86 bits per heavy atom. The molecule has 0 saturated carbocycles. The van der Waals surface area contributed by atoms with Crippen molar-refractivity contribution in [1.82, 2.24) is 15.5 Å². The number of ether oxygens (including phenoxy) is 2. The van der Waals surface area contributed by atoms with E-state index < -0.39 is 12.0 Å². The van der Waals surface area contributed by atoms with Crippen LogP contribution in [0.25, 0.3) is 0 Å². The number of amides is 2. The maximum atomic E-state index is 12.2. The van der Waals surface area contributed by atoms with Gasteiger partial charge in [-0.25, -0.2) is 0 Å². The highest BCUT2D eigenvalue weighted by atomic mass is 16.5. The molecule has 0 aromatic carbocycles. The largest absolute Gasteiger partial charge is 0.466 e. The summed E-state index contributed by atoms with van der Waals surface area (Å²) >= 11 is 0. The van der Waals surface area contributed by atoms with Crippen molar-refractivity contribution in [2.45, 2.75) is 25.8 Å². The number of hydrogen-bond acceptors (Lipinski definition) is 6. The summed E-state index contributed by atoms with van der Waals surface area (Å²) in [5.41, 5.74) is 0. The molecule has 0 aromatic rings. The van der Waals surface area contributed by atoms with Crippen LogP contribution < -0.4 is 10.6 Å². The van der Waals surface area contributed by atoms with Crippen LogP contribution in [0.2, 0.25) is 0 Å². The molecule has 2 amide bonds. The molecule has 0 aliphatic carbocycles. The van der Waals surface area contributed by atoms with Gasteiger partial charge in [-0.2, -0.15) is 0 Å². The molecule has 126 valence electrons. The van der Waals surface area contributed by atoms with Crippen molar-refractivity contribution in [3.8, 4) is 0 Å². The highest BCUT2D eigenvalue weighted by Gasteiger charge is 2.34. The molecule has 0 radical (unpaired) electrons. The van der Waals surface area contributed by atoms with Gasteiger partial charge in [0.05, 0.1) is 26.2 Å². The molecule has 8 nitrogen and oxygen atoms in total. The molecule has 8 heteroatoms. The molecule has 1 fully saturated rings. The SMILES string of the molecule is CCCOC(=O)CC1C(=O)NCCN1C(=O)CNCCOC. The first kappa shape index (κ1) is 18.4. The van der Waals surface area contributed by atoms with E-state index >= 15 is 0 Å². The van der Waals surface area contributed by atoms with Crippen LogP contribution in [-0.2, 0) is 23.9 Å². The van der Waals surface area contributed by atoms with Crippen molar-refractivity contribution in [3.63, 3.8) is 0 Å². The molecule has 1 aliphatic rings. The Morgan fingerprint density at radius 2 is 2.18 bits per heavy atom. The summed E-state index contributed by atoms with van der Waals surface area (Å²) in [6.07, 6.45) is 0.601. The van der Waals surface area contributed by atoms with Crippen molar-refractivity contribution in [1.29, 1.82) is 0 Å². The number of carbonyl (C=O) groups is 3. The van der Waals surface area contributed by atoms with Gasteiger partial charge in [-0.05, 0) is 6.42 Å². The summed E-state index contributed by atoms with van der Waals surface area (Å²) in [4.78, 5) is 37.3. The molecular weight excluding hydrogens is 290 g/mol. The summed E-state index contributed by atoms with van der Waals surface area (Å²) in [5.74, 6) is -0.988. The summed E-state index contributed by atoms with van der Waals surface area (Å²) < 4.78 is 9.88. The predicted octanol–water partition coefficient (Wildman–Crippen LogP) is -1.11. The lowest BCUT2D eigenvalue weighted by molar-refractivity contribution is -0.151. The maximum absolute atomic E-state index is 12.2. The first-order valence-corrected chi connectivity index (χ1v) is 7.52. The van der Waals surface area contributed by atoms with Gasteiger partial charge < -0.3 is 25.0 Å². The van der Waals surface area contributed by atoms with E-state index in [0.29, 0.717) is 39.3 Å². The van der Waals surface area contributed by atoms with Gasteiger partial charge in [0.15, 0.2) is 0 Å². The fourth-order valence-electron chi connectivity index (χ4n) is 2.12. The molecule has 1 heterocycles. The first-order chi connectivity index (χ1) is 10.6. The number of hydrogen-bond donors (Lipinski definition) is 2. The zero-order valence-electron chi connectivity index (χ0n) is 13.2. The highest BCUT2D eigenvalue weighted by molar-refractivity contribution is 5.92. The topological polar surface area (TPSA) is 97.0 Å². The Labute approximate surface area is 130 Å². The van der Waals surface area contributed by atoms with Crippen molar-refractivity contribution in [3.05, 3.63) is 0 Å². The third-order valence-electron chi connectivity index (χ3n) is 3.24. The second-order valence-electron chi connectivity index (χ2n) is 4.99. The quantitative estimate of drug-likeness (QED) is 0.414. The van der Waals surface area contributed by atoms with Crippen LogP contribution in [0.3, 0.4) is 0 Å². The summed E-state index contributed by atoms with van der Waals surface area (Å²) in [5, 5.41) is 5.62. The Kier molecular flexibility index (Phi) is 8.46. The average molecular weight is 315 g/mol. The maximum Gasteiger partial charge on any atom is 0.308 e. The molecule has 2 N–H and O–H groups in total. The number of piperazine rings is 1. The molecule has 1 rings (SSSR count). The fourth-order valence-corrected chi connectivity index (χ4v) is 2.12. The average Bonchev–Trinajstić information content (AvgIpc) is 2.51. The van der Waals surface area contributed by atoms with Crippen molar-refractivity contribution in [2.24, 2.45) is 0 Å². The number of nitrogens with one attached hydrogen (secondary N) is 2. The molecule has 0 spiro atoms. The van der Waals surface area contributed by atoms with Gasteiger partial charge >= 0.3 is 5.97 Å². The Morgan fingerprint density at radius 1 is 1.41 bits per heavy atom. The number of rotatable bonds is 9. The monoisotopic (exact) mass is 315 g/mol. The van der Waals surface area contributed by atoms with Gasteiger partial charge in [-0.1, -0.05) is 6.92 Å². The Balaban J connectivity index is 2.54. The van der Waals surface area contributed by atoms with E-state index in [1.807, 2.05) is 6.92 Å². The van der Waals surface area contributed by atoms with Crippen LogP contribution in [0.5, 0.6) is 0 Å². The third-order valence-corrected chi connectivity index (χ3v) is 3.24. The molecule has 1 aliphatic heterocycles. The van der Waals surface area contributed by atoms with Gasteiger partial charge in [0.2, 0.25) is 11.8 Å². The van der Waals surface area contributed by atoms with Crippen LogP contribution in [0.4, 0.5) is 0 Å². The zero-order chi connectivity index (χ0) is 16.4. The normalized spacial score (nSPS) is 18.0. The summed E-state index contributed by atoms with van der Waals surface area (Å²) in [7, 11) is 1.58. The zero-order valence-corrected chi connectivity index (χ0v) is 13.2. The third kappa shape index (κ3) is 5.98. The lowest BCUT2D eigenvalue weighted by atomic mass is 10.1. The van der Waals surface area contributed by atoms with E-state index in [2.05, 4.69) is 10.6 Å². The summed E-state index contributed by atoms with van der Waals surface area (Å²) in [6.45, 7) is 4.15. The smallest absolute Gasteiger partial charge is 0.308 e. The minimum Gasteiger partial charge on any atom is -0.466 e. The van der Waals surface area contributed by atoms with Crippen LogP contribution >= 0.6 is 0 Å². The molecule has 1 saturated heterocycles. The molecule has 22 heavy (non-hydrogen) atoms. The Hall–Kier alpha value is -1.67. The molecular formula is C14H25N3O5. The predicted molar refractivity (Wildman–Crippen MR) is 79.1 cm³/mol. The highest BCUT2D eigenvalue weighted by Crippen LogP contribution is 2.10. The van der Waals surface area contributed by atoms with Gasteiger partial charge in [-0.15, -0.1) is 0 Å². The van der Waals surface area contributed by atoms with Gasteiger partial charge in [-0.3, -0.25) is 14.4 Å². The van der Waals surface area contributed by atoms with Crippen LogP contribution in [0.15, 0.2) is 0 Å². The minimum atomic E-state index is -0.796. The van der Waals surface area contributed by atoms with Crippen molar-refractivity contribution >= 4 is 17.8 Å². The van der Waals surface area contributed by atoms with E-state index in [-0.39, 0.29) is 24.8 Å². The van der Waals surface area contributed by atoms with Crippen LogP contribution in [0.1, 0.15) is 19.8 Å². The number of carbonyl (C=O) groups excluding carboxylic acids is 3.